The molecule has 160 valence electrons. The number of hydrogen-bond acceptors (Lipinski definition) is 3. The zero-order chi connectivity index (χ0) is 21.3. The molecule has 0 saturated heterocycles. The van der Waals surface area contributed by atoms with Crippen LogP contribution < -0.4 is 0 Å². The summed E-state index contributed by atoms with van der Waals surface area (Å²) in [7, 11) is -0.0499. The van der Waals surface area contributed by atoms with E-state index < -0.39 is 13.9 Å². The molecule has 0 unspecified atom stereocenters. The first-order valence-corrected chi connectivity index (χ1v) is 14.4. The van der Waals surface area contributed by atoms with Crippen molar-refractivity contribution in [3.63, 3.8) is 0 Å². The quantitative estimate of drug-likeness (QED) is 0.281. The molecule has 0 bridgehead atoms. The molecule has 0 amide bonds. The number of hydrogen-bond donors (Lipinski definition) is 0. The number of carbonyl (C=O) groups is 1. The van der Waals surface area contributed by atoms with E-state index in [9.17, 15) is 4.79 Å². The first-order chi connectivity index (χ1) is 12.9. The van der Waals surface area contributed by atoms with Crippen LogP contribution in [0.15, 0.2) is 23.8 Å². The van der Waals surface area contributed by atoms with Crippen LogP contribution in [0.3, 0.4) is 0 Å². The van der Waals surface area contributed by atoms with Gasteiger partial charge in [0.2, 0.25) is 0 Å². The number of rotatable bonds is 8. The second-order valence-electron chi connectivity index (χ2n) is 10.7. The van der Waals surface area contributed by atoms with E-state index in [4.69, 9.17) is 9.16 Å². The molecule has 2 aliphatic rings. The summed E-state index contributed by atoms with van der Waals surface area (Å²) < 4.78 is 12.5. The van der Waals surface area contributed by atoms with Gasteiger partial charge in [-0.15, -0.1) is 0 Å². The summed E-state index contributed by atoms with van der Waals surface area (Å²) in [5.74, 6) is 1.41. The van der Waals surface area contributed by atoms with Crippen molar-refractivity contribution in [1.29, 1.82) is 0 Å². The van der Waals surface area contributed by atoms with Gasteiger partial charge in [0.1, 0.15) is 11.9 Å². The number of carbonyl (C=O) groups excluding carboxylic acids is 1. The molecule has 28 heavy (non-hydrogen) atoms. The fraction of sp³-hybridized carbons (Fsp3) is 0.792. The van der Waals surface area contributed by atoms with E-state index in [0.717, 1.165) is 25.5 Å². The predicted octanol–water partition coefficient (Wildman–Crippen LogP) is 6.02. The van der Waals surface area contributed by atoms with Gasteiger partial charge < -0.3 is 14.0 Å². The third-order valence-corrected chi connectivity index (χ3v) is 7.95. The summed E-state index contributed by atoms with van der Waals surface area (Å²) >= 11 is 0. The summed E-state index contributed by atoms with van der Waals surface area (Å²) in [4.78, 5) is 11.7. The molecular weight excluding hydrogens is 364 g/mol. The molecule has 2 rings (SSSR count). The molecule has 0 aliphatic heterocycles. The van der Waals surface area contributed by atoms with Gasteiger partial charge in [0.15, 0.2) is 8.32 Å². The highest BCUT2D eigenvalue weighted by Crippen LogP contribution is 2.54. The SMILES string of the molecule is C=C1[C@@H](C(C)C)CC[C@]1(C)/C=C1\[C@H]([C@@H](C)C=O)CC[C@@]1(COC)O[Si](C)(C)C. The van der Waals surface area contributed by atoms with Crippen molar-refractivity contribution < 1.29 is 14.0 Å². The fourth-order valence-corrected chi connectivity index (χ4v) is 6.93. The van der Waals surface area contributed by atoms with Gasteiger partial charge in [0.05, 0.1) is 6.61 Å². The second kappa shape index (κ2) is 8.57. The zero-order valence-electron chi connectivity index (χ0n) is 19.4. The average Bonchev–Trinajstić information content (AvgIpc) is 3.05. The standard InChI is InChI=1S/C24H42O3Si/c1-17(2)20-10-12-23(5,19(20)4)14-22-21(18(3)15-25)11-13-24(22,16-26-6)27-28(7,8)9/h14-15,17-18,20-21H,4,10-13,16H2,1-3,5-9H3/b22-14+/t18-,20+,21-,23+,24-/m0/s1. The van der Waals surface area contributed by atoms with E-state index in [1.807, 2.05) is 6.92 Å². The van der Waals surface area contributed by atoms with E-state index in [-0.39, 0.29) is 17.3 Å². The highest BCUT2D eigenvalue weighted by molar-refractivity contribution is 6.69. The molecule has 2 saturated carbocycles. The first-order valence-electron chi connectivity index (χ1n) is 11.0. The van der Waals surface area contributed by atoms with Crippen LogP contribution >= 0.6 is 0 Å². The van der Waals surface area contributed by atoms with Crippen LogP contribution in [0.25, 0.3) is 0 Å². The van der Waals surface area contributed by atoms with Gasteiger partial charge in [-0.05, 0) is 68.7 Å². The van der Waals surface area contributed by atoms with E-state index in [2.05, 4.69) is 53.1 Å². The first kappa shape index (κ1) is 23.6. The van der Waals surface area contributed by atoms with E-state index in [1.165, 1.54) is 17.6 Å². The molecule has 0 aromatic rings. The van der Waals surface area contributed by atoms with Gasteiger partial charge in [0.25, 0.3) is 0 Å². The predicted molar refractivity (Wildman–Crippen MR) is 120 cm³/mol. The summed E-state index contributed by atoms with van der Waals surface area (Å²) in [6.45, 7) is 20.8. The monoisotopic (exact) mass is 406 g/mol. The Hall–Kier alpha value is -0.713. The van der Waals surface area contributed by atoms with Crippen LogP contribution in [0.1, 0.15) is 53.4 Å². The smallest absolute Gasteiger partial charge is 0.185 e. The minimum atomic E-state index is -1.81. The van der Waals surface area contributed by atoms with Crippen LogP contribution in [0.5, 0.6) is 0 Å². The Morgan fingerprint density at radius 3 is 2.25 bits per heavy atom. The van der Waals surface area contributed by atoms with Crippen molar-refractivity contribution in [2.24, 2.45) is 29.1 Å². The van der Waals surface area contributed by atoms with Crippen molar-refractivity contribution in [2.45, 2.75) is 78.6 Å². The van der Waals surface area contributed by atoms with Crippen molar-refractivity contribution in [1.82, 2.24) is 0 Å². The highest BCUT2D eigenvalue weighted by Gasteiger charge is 2.50. The molecular formula is C24H42O3Si. The Morgan fingerprint density at radius 1 is 1.18 bits per heavy atom. The third kappa shape index (κ3) is 4.71. The molecule has 3 nitrogen and oxygen atoms in total. The molecule has 0 N–H and O–H groups in total. The Labute approximate surface area is 174 Å². The molecule has 0 aromatic heterocycles. The van der Waals surface area contributed by atoms with Gasteiger partial charge in [-0.25, -0.2) is 0 Å². The maximum atomic E-state index is 11.7. The molecule has 2 fully saturated rings. The lowest BCUT2D eigenvalue weighted by molar-refractivity contribution is -0.111. The summed E-state index contributed by atoms with van der Waals surface area (Å²) in [5, 5.41) is 0. The molecule has 0 heterocycles. The normalized spacial score (nSPS) is 36.5. The molecule has 0 aromatic carbocycles. The maximum Gasteiger partial charge on any atom is 0.185 e. The molecule has 0 radical (unpaired) electrons. The lowest BCUT2D eigenvalue weighted by atomic mass is 9.75. The van der Waals surface area contributed by atoms with Crippen LogP contribution in [0.2, 0.25) is 19.6 Å². The zero-order valence-corrected chi connectivity index (χ0v) is 20.4. The van der Waals surface area contributed by atoms with Crippen molar-refractivity contribution in [3.8, 4) is 0 Å². The lowest BCUT2D eigenvalue weighted by Crippen LogP contribution is -2.46. The third-order valence-electron chi connectivity index (χ3n) is 6.95. The molecule has 5 atom stereocenters. The van der Waals surface area contributed by atoms with Crippen LogP contribution in [-0.2, 0) is 14.0 Å². The van der Waals surface area contributed by atoms with Crippen LogP contribution in [0.4, 0.5) is 0 Å². The molecule has 4 heteroatoms. The Morgan fingerprint density at radius 2 is 1.79 bits per heavy atom. The van der Waals surface area contributed by atoms with Crippen LogP contribution in [0, 0.1) is 29.1 Å². The average molecular weight is 407 g/mol. The van der Waals surface area contributed by atoms with Crippen molar-refractivity contribution in [3.05, 3.63) is 23.8 Å². The Kier molecular flexibility index (Phi) is 7.21. The summed E-state index contributed by atoms with van der Waals surface area (Å²) in [6.07, 6.45) is 7.78. The summed E-state index contributed by atoms with van der Waals surface area (Å²) in [6, 6.07) is 0. The lowest BCUT2D eigenvalue weighted by Gasteiger charge is -2.40. The number of ether oxygens (including phenoxy) is 1. The molecule has 2 aliphatic carbocycles. The van der Waals surface area contributed by atoms with Crippen molar-refractivity contribution >= 4 is 14.6 Å². The largest absolute Gasteiger partial charge is 0.406 e. The number of aldehydes is 1. The van der Waals surface area contributed by atoms with Gasteiger partial charge in [-0.2, -0.15) is 0 Å². The van der Waals surface area contributed by atoms with Gasteiger partial charge in [-0.3, -0.25) is 0 Å². The fourth-order valence-electron chi connectivity index (χ4n) is 5.48. The minimum absolute atomic E-state index is 0.00520. The Bertz CT molecular complexity index is 618. The van der Waals surface area contributed by atoms with E-state index in [0.29, 0.717) is 18.4 Å². The van der Waals surface area contributed by atoms with Gasteiger partial charge >= 0.3 is 0 Å². The Balaban J connectivity index is 2.54. The summed E-state index contributed by atoms with van der Waals surface area (Å²) in [5.41, 5.74) is 2.21. The minimum Gasteiger partial charge on any atom is -0.406 e. The van der Waals surface area contributed by atoms with E-state index in [1.54, 1.807) is 7.11 Å². The molecule has 0 spiro atoms. The van der Waals surface area contributed by atoms with Crippen LogP contribution in [-0.4, -0.2) is 33.9 Å². The maximum absolute atomic E-state index is 11.7. The van der Waals surface area contributed by atoms with Gasteiger partial charge in [-0.1, -0.05) is 45.9 Å². The number of allylic oxidation sites excluding steroid dienone is 2. The second-order valence-corrected chi connectivity index (χ2v) is 15.1. The van der Waals surface area contributed by atoms with Crippen molar-refractivity contribution in [2.75, 3.05) is 13.7 Å². The number of methoxy groups -OCH3 is 1. The van der Waals surface area contributed by atoms with Gasteiger partial charge in [0, 0.05) is 18.4 Å². The topological polar surface area (TPSA) is 35.5 Å². The van der Waals surface area contributed by atoms with E-state index >= 15 is 0 Å². The highest BCUT2D eigenvalue weighted by atomic mass is 28.4.